The van der Waals surface area contributed by atoms with E-state index in [2.05, 4.69) is 177 Å². The van der Waals surface area contributed by atoms with E-state index in [9.17, 15) is 0 Å². The first-order valence-corrected chi connectivity index (χ1v) is 20.7. The van der Waals surface area contributed by atoms with Gasteiger partial charge in [0, 0.05) is 4.90 Å². The van der Waals surface area contributed by atoms with Crippen LogP contribution >= 0.6 is 11.8 Å². The van der Waals surface area contributed by atoms with Gasteiger partial charge in [0.05, 0.1) is 0 Å². The second kappa shape index (κ2) is 13.1. The topological polar surface area (TPSA) is 18.5 Å². The number of thioether (sulfide) groups is 1. The Labute approximate surface area is 261 Å². The van der Waals surface area contributed by atoms with Crippen molar-refractivity contribution in [1.82, 2.24) is 0 Å². The first-order chi connectivity index (χ1) is 19.7. The first kappa shape index (κ1) is 32.5. The van der Waals surface area contributed by atoms with Gasteiger partial charge in [0.25, 0.3) is 8.32 Å². The zero-order valence-electron chi connectivity index (χ0n) is 26.8. The molecule has 42 heavy (non-hydrogen) atoms. The van der Waals surface area contributed by atoms with Gasteiger partial charge in [-0.15, -0.1) is 0 Å². The van der Waals surface area contributed by atoms with E-state index in [1.165, 1.54) is 20.8 Å². The molecule has 0 saturated heterocycles. The Kier molecular flexibility index (Phi) is 10.1. The Morgan fingerprint density at radius 3 is 1.45 bits per heavy atom. The third kappa shape index (κ3) is 7.20. The minimum absolute atomic E-state index is 0.0533. The first-order valence-electron chi connectivity index (χ1n) is 15.0. The highest BCUT2D eigenvalue weighted by atomic mass is 32.2. The molecule has 0 unspecified atom stereocenters. The van der Waals surface area contributed by atoms with Gasteiger partial charge in [-0.2, -0.15) is 0 Å². The Morgan fingerprint density at radius 2 is 1.02 bits per heavy atom. The molecule has 4 rings (SSSR count). The van der Waals surface area contributed by atoms with E-state index in [0.717, 1.165) is 5.56 Å². The summed E-state index contributed by atoms with van der Waals surface area (Å²) in [5.74, 6) is 0. The molecule has 0 aromatic heterocycles. The van der Waals surface area contributed by atoms with Gasteiger partial charge >= 0.3 is 0 Å². The molecule has 4 aromatic rings. The predicted molar refractivity (Wildman–Crippen MR) is 187 cm³/mol. The lowest BCUT2D eigenvalue weighted by atomic mass is 10.1. The third-order valence-electron chi connectivity index (χ3n) is 8.59. The molecule has 0 heterocycles. The molecule has 0 saturated carbocycles. The summed E-state index contributed by atoms with van der Waals surface area (Å²) in [5.41, 5.74) is 2.16. The molecule has 5 heteroatoms. The molecule has 0 amide bonds. The second-order valence-corrected chi connectivity index (χ2v) is 24.0. The van der Waals surface area contributed by atoms with Crippen molar-refractivity contribution < 1.29 is 8.85 Å². The highest BCUT2D eigenvalue weighted by Gasteiger charge is 2.53. The maximum absolute atomic E-state index is 7.89. The van der Waals surface area contributed by atoms with Crippen molar-refractivity contribution >= 4 is 38.8 Å². The van der Waals surface area contributed by atoms with Gasteiger partial charge in [0.2, 0.25) is 0 Å². The molecule has 0 spiro atoms. The van der Waals surface area contributed by atoms with Gasteiger partial charge in [-0.3, -0.25) is 0 Å². The van der Waals surface area contributed by atoms with Crippen molar-refractivity contribution in [2.45, 2.75) is 88.1 Å². The summed E-state index contributed by atoms with van der Waals surface area (Å²) in [6.45, 7) is 20.8. The zero-order valence-corrected chi connectivity index (χ0v) is 29.7. The van der Waals surface area contributed by atoms with E-state index in [1.54, 1.807) is 11.8 Å². The number of hydrogen-bond acceptors (Lipinski definition) is 3. The highest BCUT2D eigenvalue weighted by Crippen LogP contribution is 2.47. The summed E-state index contributed by atoms with van der Waals surface area (Å²) in [4.78, 5) is 1.19. The van der Waals surface area contributed by atoms with Crippen molar-refractivity contribution in [1.29, 1.82) is 0 Å². The third-order valence-corrected chi connectivity index (χ3v) is 19.3. The molecule has 0 aliphatic rings. The maximum atomic E-state index is 7.89. The van der Waals surface area contributed by atoms with Crippen LogP contribution in [0.5, 0.6) is 0 Å². The molecule has 2 nitrogen and oxygen atoms in total. The summed E-state index contributed by atoms with van der Waals surface area (Å²) in [6, 6.07) is 41.4. The molecular formula is C37H48O2SSi2. The molecule has 0 aliphatic heterocycles. The minimum atomic E-state index is -2.88. The van der Waals surface area contributed by atoms with Crippen LogP contribution in [-0.4, -0.2) is 22.1 Å². The molecule has 0 radical (unpaired) electrons. The fourth-order valence-electron chi connectivity index (χ4n) is 5.17. The van der Waals surface area contributed by atoms with Crippen molar-refractivity contribution in [2.75, 3.05) is 0 Å². The summed E-state index contributed by atoms with van der Waals surface area (Å²) in [6.07, 6.45) is -0.294. The molecular weight excluding hydrogens is 565 g/mol. The van der Waals surface area contributed by atoms with Crippen molar-refractivity contribution in [3.05, 3.63) is 126 Å². The lowest BCUT2D eigenvalue weighted by Crippen LogP contribution is -2.67. The molecule has 0 N–H and O–H groups in total. The van der Waals surface area contributed by atoms with Crippen LogP contribution < -0.4 is 10.4 Å². The lowest BCUT2D eigenvalue weighted by Gasteiger charge is -2.48. The Morgan fingerprint density at radius 1 is 0.571 bits per heavy atom. The highest BCUT2D eigenvalue weighted by molar-refractivity contribution is 7.99. The van der Waals surface area contributed by atoms with E-state index in [-0.39, 0.29) is 21.6 Å². The van der Waals surface area contributed by atoms with Gasteiger partial charge in [0.15, 0.2) is 8.32 Å². The lowest BCUT2D eigenvalue weighted by molar-refractivity contribution is 0.0904. The Balaban J connectivity index is 1.96. The van der Waals surface area contributed by atoms with Crippen LogP contribution in [0.25, 0.3) is 0 Å². The average Bonchev–Trinajstić information content (AvgIpc) is 2.95. The quantitative estimate of drug-likeness (QED) is 0.101. The van der Waals surface area contributed by atoms with E-state index < -0.39 is 16.6 Å². The largest absolute Gasteiger partial charge is 0.402 e. The van der Waals surface area contributed by atoms with E-state index in [1.807, 2.05) is 0 Å². The summed E-state index contributed by atoms with van der Waals surface area (Å²) in [7, 11) is -5.08. The van der Waals surface area contributed by atoms with Gasteiger partial charge in [0.1, 0.15) is 11.5 Å². The van der Waals surface area contributed by atoms with Crippen molar-refractivity contribution in [2.24, 2.45) is 0 Å². The Hall–Kier alpha value is -2.42. The smallest absolute Gasteiger partial charge is 0.262 e. The van der Waals surface area contributed by atoms with E-state index in [4.69, 9.17) is 8.85 Å². The normalized spacial score (nSPS) is 14.4. The fraction of sp³-hybridized carbons (Fsp3) is 0.351. The molecule has 222 valence electrons. The monoisotopic (exact) mass is 612 g/mol. The van der Waals surface area contributed by atoms with E-state index in [0.29, 0.717) is 0 Å². The van der Waals surface area contributed by atoms with Crippen LogP contribution in [0.4, 0.5) is 0 Å². The maximum Gasteiger partial charge on any atom is 0.262 e. The van der Waals surface area contributed by atoms with E-state index >= 15 is 0 Å². The van der Waals surface area contributed by atoms with Crippen molar-refractivity contribution in [3.63, 3.8) is 0 Å². The zero-order chi connectivity index (χ0) is 30.6. The number of rotatable bonds is 10. The van der Waals surface area contributed by atoms with Crippen LogP contribution in [-0.2, 0) is 8.85 Å². The van der Waals surface area contributed by atoms with Gasteiger partial charge in [-0.25, -0.2) is 0 Å². The molecule has 2 atom stereocenters. The number of aryl methyl sites for hydroxylation is 1. The SMILES string of the molecule is Cc1ccc(S[C@@H](O[Si](C)(C)C(C)(C)C)[C@H](O[Si](c2ccccc2)(c2ccccc2)C(C)(C)C)c2ccccc2)cc1. The number of benzene rings is 4. The van der Waals surface area contributed by atoms with Crippen LogP contribution in [0.1, 0.15) is 58.8 Å². The van der Waals surface area contributed by atoms with Gasteiger partial charge in [-0.1, -0.05) is 162 Å². The van der Waals surface area contributed by atoms with Crippen LogP contribution in [0.3, 0.4) is 0 Å². The van der Waals surface area contributed by atoms with Crippen molar-refractivity contribution in [3.8, 4) is 0 Å². The molecule has 0 aliphatic carbocycles. The van der Waals surface area contributed by atoms with Crippen LogP contribution in [0, 0.1) is 6.92 Å². The molecule has 4 aromatic carbocycles. The summed E-state index contributed by atoms with van der Waals surface area (Å²) < 4.78 is 15.3. The fourth-order valence-corrected chi connectivity index (χ4v) is 12.8. The van der Waals surface area contributed by atoms with Crippen LogP contribution in [0.2, 0.25) is 23.2 Å². The predicted octanol–water partition coefficient (Wildman–Crippen LogP) is 9.75. The summed E-state index contributed by atoms with van der Waals surface area (Å²) in [5, 5.41) is 2.45. The van der Waals surface area contributed by atoms with Crippen LogP contribution in [0.15, 0.2) is 120 Å². The average molecular weight is 613 g/mol. The summed E-state index contributed by atoms with van der Waals surface area (Å²) >= 11 is 1.79. The Bertz CT molecular complexity index is 1350. The van der Waals surface area contributed by atoms with Gasteiger partial charge in [-0.05, 0) is 58.2 Å². The molecule has 0 fully saturated rings. The number of hydrogen-bond donors (Lipinski definition) is 0. The minimum Gasteiger partial charge on any atom is -0.402 e. The second-order valence-electron chi connectivity index (χ2n) is 13.8. The molecule has 0 bridgehead atoms. The van der Waals surface area contributed by atoms with Gasteiger partial charge < -0.3 is 8.85 Å². The standard InChI is InChI=1S/C37H48O2SSi2/c1-29-25-27-31(28-26-29)40-35(39-41(8,9)36(2,3)4)34(30-19-13-10-14-20-30)38-42(37(5,6)7,32-21-15-11-16-22-32)33-23-17-12-18-24-33/h10-28,34-35H,1-9H3/t34-,35-/m1/s1.